The molecule has 1 aliphatic rings. The number of dihydropyridines is 1. The van der Waals surface area contributed by atoms with Crippen LogP contribution in [0.5, 0.6) is 0 Å². The highest BCUT2D eigenvalue weighted by molar-refractivity contribution is 6.29. The first-order valence-electron chi connectivity index (χ1n) is 4.92. The molecule has 1 atom stereocenters. The average molecular weight is 221 g/mol. The summed E-state index contributed by atoms with van der Waals surface area (Å²) in [6, 6.07) is 3.98. The van der Waals surface area contributed by atoms with E-state index in [4.69, 9.17) is 11.6 Å². The zero-order valence-corrected chi connectivity index (χ0v) is 9.62. The molecule has 0 amide bonds. The molecule has 1 aliphatic heterocycles. The molecule has 0 N–H and O–H groups in total. The Morgan fingerprint density at radius 3 is 2.80 bits per heavy atom. The molecule has 2 rings (SSSR count). The van der Waals surface area contributed by atoms with Crippen LogP contribution in [0.15, 0.2) is 29.3 Å². The molecule has 2 nitrogen and oxygen atoms in total. The Bertz CT molecular complexity index is 417. The van der Waals surface area contributed by atoms with E-state index < -0.39 is 0 Å². The first kappa shape index (κ1) is 10.4. The van der Waals surface area contributed by atoms with Gasteiger partial charge in [-0.05, 0) is 30.7 Å². The lowest BCUT2D eigenvalue weighted by Crippen LogP contribution is -2.25. The molecule has 0 fully saturated rings. The van der Waals surface area contributed by atoms with Crippen LogP contribution in [-0.4, -0.2) is 17.7 Å². The first-order valence-corrected chi connectivity index (χ1v) is 5.30. The molecule has 0 saturated heterocycles. The van der Waals surface area contributed by atoms with E-state index in [1.54, 1.807) is 0 Å². The molecule has 0 aliphatic carbocycles. The van der Waals surface area contributed by atoms with Crippen molar-refractivity contribution in [3.8, 4) is 0 Å². The van der Waals surface area contributed by atoms with E-state index in [9.17, 15) is 0 Å². The molecule has 1 aromatic heterocycles. The molecule has 0 radical (unpaired) electrons. The van der Waals surface area contributed by atoms with Gasteiger partial charge in [-0.25, -0.2) is 4.98 Å². The zero-order valence-electron chi connectivity index (χ0n) is 8.87. The molecule has 78 valence electrons. The minimum absolute atomic E-state index is 0.0495. The van der Waals surface area contributed by atoms with Crippen LogP contribution in [0.1, 0.15) is 18.2 Å². The van der Waals surface area contributed by atoms with Crippen LogP contribution in [-0.2, 0) is 5.41 Å². The predicted molar refractivity (Wildman–Crippen MR) is 63.8 cm³/mol. The second-order valence-electron chi connectivity index (χ2n) is 4.09. The van der Waals surface area contributed by atoms with Crippen molar-refractivity contribution < 1.29 is 0 Å². The third kappa shape index (κ3) is 2.10. The molecular weight excluding hydrogens is 208 g/mol. The highest BCUT2D eigenvalue weighted by Gasteiger charge is 2.25. The summed E-state index contributed by atoms with van der Waals surface area (Å²) in [4.78, 5) is 8.45. The van der Waals surface area contributed by atoms with Crippen LogP contribution >= 0.6 is 11.6 Å². The van der Waals surface area contributed by atoms with Crippen LogP contribution in [0.2, 0.25) is 5.15 Å². The van der Waals surface area contributed by atoms with Crippen molar-refractivity contribution in [1.82, 2.24) is 4.98 Å². The van der Waals surface area contributed by atoms with Crippen molar-refractivity contribution in [3.63, 3.8) is 0 Å². The van der Waals surface area contributed by atoms with Gasteiger partial charge >= 0.3 is 0 Å². The third-order valence-corrected chi connectivity index (χ3v) is 2.85. The van der Waals surface area contributed by atoms with E-state index in [0.717, 1.165) is 12.2 Å². The fraction of sp³-hybridized carbons (Fsp3) is 0.333. The first-order chi connectivity index (χ1) is 7.10. The van der Waals surface area contributed by atoms with Crippen LogP contribution < -0.4 is 0 Å². The molecule has 1 aromatic rings. The van der Waals surface area contributed by atoms with Gasteiger partial charge in [-0.3, -0.25) is 4.99 Å². The Labute approximate surface area is 94.7 Å². The van der Waals surface area contributed by atoms with E-state index in [0.29, 0.717) is 5.15 Å². The maximum absolute atomic E-state index is 5.96. The summed E-state index contributed by atoms with van der Waals surface area (Å²) in [6.07, 6.45) is 5.97. The minimum Gasteiger partial charge on any atom is -0.292 e. The van der Waals surface area contributed by atoms with E-state index in [1.807, 2.05) is 25.3 Å². The number of aryl methyl sites for hydroxylation is 1. The predicted octanol–water partition coefficient (Wildman–Crippen LogP) is 2.94. The Kier molecular flexibility index (Phi) is 2.61. The molecule has 15 heavy (non-hydrogen) atoms. The maximum Gasteiger partial charge on any atom is 0.129 e. The van der Waals surface area contributed by atoms with E-state index in [1.165, 1.54) is 5.56 Å². The third-order valence-electron chi connectivity index (χ3n) is 2.66. The standard InChI is InChI=1S/C12H13ClN2/c1-9-6-10(7-11(13)15-9)12(2)4-3-5-14-8-12/h3-7H,8H2,1-2H3. The van der Waals surface area contributed by atoms with Crippen molar-refractivity contribution >= 4 is 17.8 Å². The van der Waals surface area contributed by atoms with E-state index >= 15 is 0 Å². The number of hydrogen-bond acceptors (Lipinski definition) is 2. The average Bonchev–Trinajstić information content (AvgIpc) is 2.17. The highest BCUT2D eigenvalue weighted by Crippen LogP contribution is 2.29. The van der Waals surface area contributed by atoms with Crippen LogP contribution in [0.4, 0.5) is 0 Å². The maximum atomic E-state index is 5.96. The van der Waals surface area contributed by atoms with Gasteiger partial charge in [0.05, 0.1) is 6.54 Å². The highest BCUT2D eigenvalue weighted by atomic mass is 35.5. The Balaban J connectivity index is 2.44. The van der Waals surface area contributed by atoms with Gasteiger partial charge in [0.2, 0.25) is 0 Å². The summed E-state index contributed by atoms with van der Waals surface area (Å²) in [5.74, 6) is 0. The van der Waals surface area contributed by atoms with Gasteiger partial charge in [-0.15, -0.1) is 0 Å². The van der Waals surface area contributed by atoms with Crippen molar-refractivity contribution in [2.45, 2.75) is 19.3 Å². The zero-order chi connectivity index (χ0) is 10.9. The van der Waals surface area contributed by atoms with Crippen LogP contribution in [0.25, 0.3) is 0 Å². The second-order valence-corrected chi connectivity index (χ2v) is 4.47. The van der Waals surface area contributed by atoms with Gasteiger partial charge < -0.3 is 0 Å². The largest absolute Gasteiger partial charge is 0.292 e. The summed E-state index contributed by atoms with van der Waals surface area (Å²) >= 11 is 5.96. The molecule has 2 heterocycles. The molecule has 0 aromatic carbocycles. The quantitative estimate of drug-likeness (QED) is 0.668. The van der Waals surface area contributed by atoms with Crippen molar-refractivity contribution in [1.29, 1.82) is 0 Å². The number of rotatable bonds is 1. The number of allylic oxidation sites excluding steroid dienone is 1. The Hall–Kier alpha value is -1.15. The van der Waals surface area contributed by atoms with Crippen LogP contribution in [0, 0.1) is 6.92 Å². The van der Waals surface area contributed by atoms with Gasteiger partial charge in [0.15, 0.2) is 0 Å². The Morgan fingerprint density at radius 2 is 2.20 bits per heavy atom. The summed E-state index contributed by atoms with van der Waals surface area (Å²) in [5, 5.41) is 0.550. The summed E-state index contributed by atoms with van der Waals surface area (Å²) < 4.78 is 0. The minimum atomic E-state index is -0.0495. The van der Waals surface area contributed by atoms with E-state index in [2.05, 4.69) is 29.0 Å². The van der Waals surface area contributed by atoms with Crippen molar-refractivity contribution in [2.75, 3.05) is 6.54 Å². The van der Waals surface area contributed by atoms with Crippen molar-refractivity contribution in [2.24, 2.45) is 4.99 Å². The molecule has 0 bridgehead atoms. The molecule has 0 saturated carbocycles. The number of aromatic nitrogens is 1. The lowest BCUT2D eigenvalue weighted by Gasteiger charge is -2.26. The molecule has 1 unspecified atom stereocenters. The number of nitrogens with zero attached hydrogens (tertiary/aromatic N) is 2. The van der Waals surface area contributed by atoms with E-state index in [-0.39, 0.29) is 5.41 Å². The number of halogens is 1. The molecule has 3 heteroatoms. The smallest absolute Gasteiger partial charge is 0.129 e. The van der Waals surface area contributed by atoms with Gasteiger partial charge in [-0.1, -0.05) is 24.6 Å². The topological polar surface area (TPSA) is 25.2 Å². The second kappa shape index (κ2) is 3.78. The van der Waals surface area contributed by atoms with Crippen molar-refractivity contribution in [3.05, 3.63) is 40.7 Å². The summed E-state index contributed by atoms with van der Waals surface area (Å²) in [5.41, 5.74) is 2.07. The lowest BCUT2D eigenvalue weighted by molar-refractivity contribution is 0.604. The number of hydrogen-bond donors (Lipinski definition) is 0. The van der Waals surface area contributed by atoms with Gasteiger partial charge in [0.1, 0.15) is 5.15 Å². The SMILES string of the molecule is Cc1cc(C2(C)C=CC=NC2)cc(Cl)n1. The normalized spacial score (nSPS) is 24.5. The van der Waals surface area contributed by atoms with Gasteiger partial charge in [0.25, 0.3) is 0 Å². The fourth-order valence-corrected chi connectivity index (χ4v) is 2.01. The number of aliphatic imine (C=N–C) groups is 1. The lowest BCUT2D eigenvalue weighted by atomic mass is 9.81. The molecule has 0 spiro atoms. The monoisotopic (exact) mass is 220 g/mol. The number of pyridine rings is 1. The van der Waals surface area contributed by atoms with Crippen LogP contribution in [0.3, 0.4) is 0 Å². The van der Waals surface area contributed by atoms with Gasteiger partial charge in [-0.2, -0.15) is 0 Å². The van der Waals surface area contributed by atoms with Gasteiger partial charge in [0, 0.05) is 17.3 Å². The summed E-state index contributed by atoms with van der Waals surface area (Å²) in [6.45, 7) is 4.88. The molecular formula is C12H13ClN2. The fourth-order valence-electron chi connectivity index (χ4n) is 1.76. The Morgan fingerprint density at radius 1 is 1.40 bits per heavy atom. The summed E-state index contributed by atoms with van der Waals surface area (Å²) in [7, 11) is 0.